The molecule has 7 nitrogen and oxygen atoms in total. The number of benzene rings is 2. The van der Waals surface area contributed by atoms with E-state index in [0.717, 1.165) is 66.4 Å². The summed E-state index contributed by atoms with van der Waals surface area (Å²) in [6, 6.07) is 15.5. The molecule has 1 aromatic heterocycles. The standard InChI is InChI=1S/C31H36N2O5/c1-22(35)33-19-27(26-9-5-6-10-28(26)33)25-17-29(31(36)32-15-7-3-2-4-8-16-32)38-30(18-25)37-21-24-13-11-23(20-34)12-14-24/h5-6,9-14,17,19,25,30,34H,2-4,7-8,15-16,18,20-21H2,1H3/t25-,30+/m1/s1. The number of aromatic nitrogens is 1. The third-order valence-electron chi connectivity index (χ3n) is 7.53. The zero-order valence-electron chi connectivity index (χ0n) is 22.0. The van der Waals surface area contributed by atoms with Crippen LogP contribution in [-0.4, -0.2) is 45.8 Å². The van der Waals surface area contributed by atoms with Crippen molar-refractivity contribution in [1.82, 2.24) is 9.47 Å². The molecule has 0 radical (unpaired) electrons. The van der Waals surface area contributed by atoms with Gasteiger partial charge in [0.15, 0.2) is 5.76 Å². The van der Waals surface area contributed by atoms with Gasteiger partial charge in [-0.2, -0.15) is 0 Å². The highest BCUT2D eigenvalue weighted by molar-refractivity contribution is 5.95. The predicted molar refractivity (Wildman–Crippen MR) is 145 cm³/mol. The molecule has 1 saturated heterocycles. The van der Waals surface area contributed by atoms with Crippen LogP contribution in [0.3, 0.4) is 0 Å². The minimum Gasteiger partial charge on any atom is -0.459 e. The Hall–Kier alpha value is -3.42. The van der Waals surface area contributed by atoms with Gasteiger partial charge >= 0.3 is 0 Å². The molecule has 2 aromatic carbocycles. The lowest BCUT2D eigenvalue weighted by atomic mass is 9.92. The number of hydrogen-bond donors (Lipinski definition) is 1. The number of ether oxygens (including phenoxy) is 2. The van der Waals surface area contributed by atoms with E-state index in [-0.39, 0.29) is 24.3 Å². The molecule has 0 spiro atoms. The number of hydrogen-bond acceptors (Lipinski definition) is 5. The molecular formula is C31H36N2O5. The highest BCUT2D eigenvalue weighted by Gasteiger charge is 2.32. The Labute approximate surface area is 223 Å². The highest BCUT2D eigenvalue weighted by atomic mass is 16.7. The van der Waals surface area contributed by atoms with Gasteiger partial charge in [0.05, 0.1) is 18.7 Å². The number of carbonyl (C=O) groups is 2. The quantitative estimate of drug-likeness (QED) is 0.467. The van der Waals surface area contributed by atoms with Crippen molar-refractivity contribution in [2.45, 2.75) is 70.9 Å². The number of aliphatic hydroxyl groups excluding tert-OH is 1. The first-order valence-electron chi connectivity index (χ1n) is 13.6. The number of rotatable bonds is 6. The summed E-state index contributed by atoms with van der Waals surface area (Å²) in [6.45, 7) is 3.34. The molecular weight excluding hydrogens is 480 g/mol. The van der Waals surface area contributed by atoms with Crippen molar-refractivity contribution in [2.24, 2.45) is 0 Å². The van der Waals surface area contributed by atoms with Crippen LogP contribution in [0, 0.1) is 0 Å². The van der Waals surface area contributed by atoms with E-state index < -0.39 is 6.29 Å². The minimum atomic E-state index is -0.615. The molecule has 38 heavy (non-hydrogen) atoms. The molecule has 5 rings (SSSR count). The maximum atomic E-state index is 13.7. The van der Waals surface area contributed by atoms with Crippen LogP contribution in [0.4, 0.5) is 0 Å². The number of fused-ring (bicyclic) bond motifs is 1. The lowest BCUT2D eigenvalue weighted by molar-refractivity contribution is -0.156. The van der Waals surface area contributed by atoms with Crippen LogP contribution in [0.15, 0.2) is 66.6 Å². The van der Waals surface area contributed by atoms with Crippen molar-refractivity contribution in [3.05, 3.63) is 83.3 Å². The average molecular weight is 517 g/mol. The van der Waals surface area contributed by atoms with Crippen molar-refractivity contribution < 1.29 is 24.2 Å². The van der Waals surface area contributed by atoms with Gasteiger partial charge in [0, 0.05) is 43.9 Å². The number of carbonyl (C=O) groups excluding carboxylic acids is 2. The molecule has 1 amide bonds. The van der Waals surface area contributed by atoms with Gasteiger partial charge in [-0.15, -0.1) is 0 Å². The van der Waals surface area contributed by atoms with E-state index in [1.54, 1.807) is 11.5 Å². The van der Waals surface area contributed by atoms with E-state index in [1.165, 1.54) is 6.42 Å². The summed E-state index contributed by atoms with van der Waals surface area (Å²) in [4.78, 5) is 28.0. The summed E-state index contributed by atoms with van der Waals surface area (Å²) >= 11 is 0. The first-order chi connectivity index (χ1) is 18.5. The van der Waals surface area contributed by atoms with Crippen LogP contribution in [-0.2, 0) is 27.5 Å². The Morgan fingerprint density at radius 1 is 0.974 bits per heavy atom. The van der Waals surface area contributed by atoms with Gasteiger partial charge in [0.1, 0.15) is 0 Å². The average Bonchev–Trinajstić information content (AvgIpc) is 3.32. The summed E-state index contributed by atoms with van der Waals surface area (Å²) in [5.74, 6) is 0.0270. The van der Waals surface area contributed by atoms with E-state index in [9.17, 15) is 14.7 Å². The monoisotopic (exact) mass is 516 g/mol. The molecule has 1 N–H and O–H groups in total. The number of allylic oxidation sites excluding steroid dienone is 1. The summed E-state index contributed by atoms with van der Waals surface area (Å²) < 4.78 is 14.1. The van der Waals surface area contributed by atoms with Crippen LogP contribution in [0.2, 0.25) is 0 Å². The fourth-order valence-corrected chi connectivity index (χ4v) is 5.43. The van der Waals surface area contributed by atoms with Gasteiger partial charge in [-0.25, -0.2) is 0 Å². The molecule has 3 heterocycles. The van der Waals surface area contributed by atoms with Gasteiger partial charge in [-0.1, -0.05) is 61.7 Å². The Morgan fingerprint density at radius 3 is 2.37 bits per heavy atom. The molecule has 3 aromatic rings. The predicted octanol–water partition coefficient (Wildman–Crippen LogP) is 5.52. The third-order valence-corrected chi connectivity index (χ3v) is 7.53. The second-order valence-electron chi connectivity index (χ2n) is 10.3. The van der Waals surface area contributed by atoms with E-state index in [4.69, 9.17) is 9.47 Å². The van der Waals surface area contributed by atoms with E-state index in [0.29, 0.717) is 18.8 Å². The normalized spacial score (nSPS) is 20.4. The van der Waals surface area contributed by atoms with Crippen LogP contribution < -0.4 is 0 Å². The van der Waals surface area contributed by atoms with Crippen molar-refractivity contribution in [3.8, 4) is 0 Å². The van der Waals surface area contributed by atoms with Gasteiger partial charge in [0.25, 0.3) is 5.91 Å². The van der Waals surface area contributed by atoms with Crippen molar-refractivity contribution in [3.63, 3.8) is 0 Å². The fraction of sp³-hybridized carbons (Fsp3) is 0.419. The summed E-state index contributed by atoms with van der Waals surface area (Å²) in [5.41, 5.74) is 3.64. The molecule has 2 atom stereocenters. The van der Waals surface area contributed by atoms with Gasteiger partial charge in [0.2, 0.25) is 12.2 Å². The minimum absolute atomic E-state index is 0.00478. The molecule has 0 unspecified atom stereocenters. The van der Waals surface area contributed by atoms with Crippen molar-refractivity contribution in [1.29, 1.82) is 0 Å². The molecule has 0 bridgehead atoms. The lowest BCUT2D eigenvalue weighted by Crippen LogP contribution is -2.38. The van der Waals surface area contributed by atoms with E-state index >= 15 is 0 Å². The fourth-order valence-electron chi connectivity index (χ4n) is 5.43. The first kappa shape index (κ1) is 26.2. The molecule has 1 fully saturated rings. The largest absolute Gasteiger partial charge is 0.459 e. The van der Waals surface area contributed by atoms with Gasteiger partial charge in [-0.3, -0.25) is 14.2 Å². The lowest BCUT2D eigenvalue weighted by Gasteiger charge is -2.32. The molecule has 0 aliphatic carbocycles. The van der Waals surface area contributed by atoms with Crippen molar-refractivity contribution >= 4 is 22.7 Å². The van der Waals surface area contributed by atoms with Crippen molar-refractivity contribution in [2.75, 3.05) is 13.1 Å². The Kier molecular flexibility index (Phi) is 8.25. The van der Waals surface area contributed by atoms with E-state index in [2.05, 4.69) is 0 Å². The molecule has 2 aliphatic heterocycles. The van der Waals surface area contributed by atoms with E-state index in [1.807, 2.05) is 65.7 Å². The maximum absolute atomic E-state index is 13.7. The number of likely N-dealkylation sites (tertiary alicyclic amines) is 1. The number of nitrogens with zero attached hydrogens (tertiary/aromatic N) is 2. The first-order valence-corrected chi connectivity index (χ1v) is 13.6. The Balaban J connectivity index is 1.44. The molecule has 200 valence electrons. The zero-order valence-corrected chi connectivity index (χ0v) is 22.0. The topological polar surface area (TPSA) is 81.0 Å². The second-order valence-corrected chi connectivity index (χ2v) is 10.3. The van der Waals surface area contributed by atoms with Gasteiger partial charge in [-0.05, 0) is 41.7 Å². The van der Waals surface area contributed by atoms with Crippen LogP contribution in [0.5, 0.6) is 0 Å². The zero-order chi connectivity index (χ0) is 26.5. The van der Waals surface area contributed by atoms with Gasteiger partial charge < -0.3 is 19.5 Å². The SMILES string of the molecule is CC(=O)n1cc([C@@H]2C=C(C(=O)N3CCCCCCC3)O[C@H](OCc3ccc(CO)cc3)C2)c2ccccc21. The smallest absolute Gasteiger partial charge is 0.288 e. The molecule has 2 aliphatic rings. The summed E-state index contributed by atoms with van der Waals surface area (Å²) in [5, 5.41) is 10.3. The molecule has 7 heteroatoms. The molecule has 0 saturated carbocycles. The number of aliphatic hydroxyl groups is 1. The Bertz CT molecular complexity index is 1300. The summed E-state index contributed by atoms with van der Waals surface area (Å²) in [6.07, 6.45) is 9.21. The van der Waals surface area contributed by atoms with Crippen LogP contribution >= 0.6 is 0 Å². The number of amides is 1. The second kappa shape index (κ2) is 12.0. The van der Waals surface area contributed by atoms with Crippen LogP contribution in [0.1, 0.15) is 72.9 Å². The Morgan fingerprint density at radius 2 is 1.66 bits per heavy atom. The third kappa shape index (κ3) is 5.84. The summed E-state index contributed by atoms with van der Waals surface area (Å²) in [7, 11) is 0. The maximum Gasteiger partial charge on any atom is 0.288 e. The van der Waals surface area contributed by atoms with Crippen LogP contribution in [0.25, 0.3) is 10.9 Å². The number of para-hydroxylation sites is 1. The highest BCUT2D eigenvalue weighted by Crippen LogP contribution is 2.37.